The molecule has 0 saturated carbocycles. The van der Waals surface area contributed by atoms with Gasteiger partial charge >= 0.3 is 0 Å². The molecule has 0 aromatic heterocycles. The number of benzene rings is 2. The van der Waals surface area contributed by atoms with Crippen molar-refractivity contribution in [3.63, 3.8) is 0 Å². The van der Waals surface area contributed by atoms with E-state index in [0.717, 1.165) is 5.56 Å². The standard InChI is InChI=1S/C15H18FNOS/c1-10-8-9-13(19(18)17-15(2,3)4)11-6-5-7-12(16)14(10)11/h5-9,17H,1-4H3. The minimum atomic E-state index is -1.36. The Kier molecular flexibility index (Phi) is 3.74. The van der Waals surface area contributed by atoms with Crippen LogP contribution >= 0.6 is 0 Å². The van der Waals surface area contributed by atoms with Crippen molar-refractivity contribution in [3.05, 3.63) is 41.7 Å². The Morgan fingerprint density at radius 2 is 1.84 bits per heavy atom. The summed E-state index contributed by atoms with van der Waals surface area (Å²) in [5.74, 6) is -0.274. The van der Waals surface area contributed by atoms with Crippen LogP contribution in [0.5, 0.6) is 0 Å². The highest BCUT2D eigenvalue weighted by Crippen LogP contribution is 2.27. The van der Waals surface area contributed by atoms with E-state index < -0.39 is 11.0 Å². The van der Waals surface area contributed by atoms with Crippen LogP contribution in [0.4, 0.5) is 4.39 Å². The summed E-state index contributed by atoms with van der Waals surface area (Å²) >= 11 is 0. The van der Waals surface area contributed by atoms with Crippen molar-refractivity contribution in [2.45, 2.75) is 38.1 Å². The van der Waals surface area contributed by atoms with E-state index in [4.69, 9.17) is 0 Å². The van der Waals surface area contributed by atoms with Crippen LogP contribution in [0.25, 0.3) is 10.8 Å². The first-order valence-electron chi connectivity index (χ1n) is 6.17. The highest BCUT2D eigenvalue weighted by Gasteiger charge is 2.17. The molecule has 102 valence electrons. The molecule has 2 rings (SSSR count). The van der Waals surface area contributed by atoms with E-state index in [9.17, 15) is 8.60 Å². The van der Waals surface area contributed by atoms with Gasteiger partial charge in [0.05, 0.1) is 4.90 Å². The van der Waals surface area contributed by atoms with Gasteiger partial charge in [-0.2, -0.15) is 0 Å². The molecule has 2 nitrogen and oxygen atoms in total. The first-order chi connectivity index (χ1) is 8.79. The molecule has 1 N–H and O–H groups in total. The molecule has 0 aliphatic heterocycles. The average molecular weight is 279 g/mol. The van der Waals surface area contributed by atoms with Crippen molar-refractivity contribution < 1.29 is 8.60 Å². The molecule has 0 aliphatic carbocycles. The summed E-state index contributed by atoms with van der Waals surface area (Å²) < 4.78 is 29.3. The molecule has 0 saturated heterocycles. The van der Waals surface area contributed by atoms with E-state index in [-0.39, 0.29) is 11.4 Å². The zero-order valence-corrected chi connectivity index (χ0v) is 12.4. The minimum absolute atomic E-state index is 0.268. The van der Waals surface area contributed by atoms with Gasteiger partial charge in [0.1, 0.15) is 16.8 Å². The summed E-state index contributed by atoms with van der Waals surface area (Å²) in [7, 11) is -1.36. The van der Waals surface area contributed by atoms with E-state index >= 15 is 0 Å². The van der Waals surface area contributed by atoms with Gasteiger partial charge in [-0.05, 0) is 45.4 Å². The fraction of sp³-hybridized carbons (Fsp3) is 0.333. The third kappa shape index (κ3) is 3.01. The molecule has 0 spiro atoms. The Hall–Kier alpha value is -1.26. The van der Waals surface area contributed by atoms with Gasteiger partial charge in [0.25, 0.3) is 0 Å². The molecule has 0 radical (unpaired) electrons. The van der Waals surface area contributed by atoms with E-state index in [2.05, 4.69) is 4.72 Å². The lowest BCUT2D eigenvalue weighted by Gasteiger charge is -2.20. The molecular formula is C15H18FNOS. The fourth-order valence-electron chi connectivity index (χ4n) is 2.00. The Labute approximate surface area is 115 Å². The summed E-state index contributed by atoms with van der Waals surface area (Å²) in [6, 6.07) is 8.49. The third-order valence-corrected chi connectivity index (χ3v) is 4.31. The van der Waals surface area contributed by atoms with E-state index in [0.29, 0.717) is 15.7 Å². The molecule has 4 heteroatoms. The first-order valence-corrected chi connectivity index (χ1v) is 7.32. The second-order valence-electron chi connectivity index (χ2n) is 5.66. The molecule has 0 fully saturated rings. The molecule has 0 bridgehead atoms. The van der Waals surface area contributed by atoms with Crippen LogP contribution in [0.3, 0.4) is 0 Å². The quantitative estimate of drug-likeness (QED) is 0.892. The van der Waals surface area contributed by atoms with Crippen molar-refractivity contribution in [1.82, 2.24) is 4.72 Å². The van der Waals surface area contributed by atoms with Gasteiger partial charge in [0, 0.05) is 16.3 Å². The Balaban J connectivity index is 2.60. The van der Waals surface area contributed by atoms with E-state index in [1.807, 2.05) is 39.8 Å². The highest BCUT2D eigenvalue weighted by atomic mass is 32.2. The van der Waals surface area contributed by atoms with Gasteiger partial charge in [-0.3, -0.25) is 0 Å². The van der Waals surface area contributed by atoms with Crippen LogP contribution in [0.1, 0.15) is 26.3 Å². The van der Waals surface area contributed by atoms with Crippen LogP contribution in [0.15, 0.2) is 35.2 Å². The number of hydrogen-bond donors (Lipinski definition) is 1. The Bertz CT molecular complexity index is 638. The highest BCUT2D eigenvalue weighted by molar-refractivity contribution is 7.83. The number of fused-ring (bicyclic) bond motifs is 1. The summed E-state index contributed by atoms with van der Waals surface area (Å²) in [5, 5.41) is 1.25. The van der Waals surface area contributed by atoms with E-state index in [1.165, 1.54) is 6.07 Å². The topological polar surface area (TPSA) is 29.1 Å². The van der Waals surface area contributed by atoms with Crippen molar-refractivity contribution in [2.75, 3.05) is 0 Å². The predicted octanol–water partition coefficient (Wildman–Crippen LogP) is 3.70. The largest absolute Gasteiger partial charge is 0.237 e. The molecule has 2 aromatic rings. The Morgan fingerprint density at radius 3 is 2.47 bits per heavy atom. The molecule has 2 aromatic carbocycles. The SMILES string of the molecule is Cc1ccc(S(=O)NC(C)(C)C)c2cccc(F)c12. The summed E-state index contributed by atoms with van der Waals surface area (Å²) in [6.07, 6.45) is 0. The molecule has 1 unspecified atom stereocenters. The smallest absolute Gasteiger partial charge is 0.131 e. The second kappa shape index (κ2) is 5.02. The fourth-order valence-corrected chi connectivity index (χ4v) is 3.23. The van der Waals surface area contributed by atoms with Crippen LogP contribution in [0, 0.1) is 12.7 Å². The van der Waals surface area contributed by atoms with Gasteiger partial charge in [-0.25, -0.2) is 13.3 Å². The predicted molar refractivity (Wildman–Crippen MR) is 77.9 cm³/mol. The number of aryl methyl sites for hydroxylation is 1. The molecule has 0 aliphatic rings. The summed E-state index contributed by atoms with van der Waals surface area (Å²) in [4.78, 5) is 0.620. The third-order valence-electron chi connectivity index (χ3n) is 2.76. The monoisotopic (exact) mass is 279 g/mol. The lowest BCUT2D eigenvalue weighted by Crippen LogP contribution is -2.37. The van der Waals surface area contributed by atoms with Crippen LogP contribution in [0.2, 0.25) is 0 Å². The number of rotatable bonds is 2. The maximum Gasteiger partial charge on any atom is 0.131 e. The number of halogens is 1. The van der Waals surface area contributed by atoms with Gasteiger partial charge in [-0.1, -0.05) is 18.2 Å². The van der Waals surface area contributed by atoms with E-state index in [1.54, 1.807) is 12.1 Å². The molecule has 1 atom stereocenters. The lowest BCUT2D eigenvalue weighted by atomic mass is 10.1. The van der Waals surface area contributed by atoms with Gasteiger partial charge in [-0.15, -0.1) is 0 Å². The molecule has 0 heterocycles. The molecule has 19 heavy (non-hydrogen) atoms. The molecular weight excluding hydrogens is 261 g/mol. The maximum atomic E-state index is 13.9. The van der Waals surface area contributed by atoms with Crippen molar-refractivity contribution in [1.29, 1.82) is 0 Å². The zero-order valence-electron chi connectivity index (χ0n) is 11.6. The van der Waals surface area contributed by atoms with Gasteiger partial charge in [0.15, 0.2) is 0 Å². The minimum Gasteiger partial charge on any atom is -0.237 e. The summed E-state index contributed by atoms with van der Waals surface area (Å²) in [5.41, 5.74) is 0.583. The Morgan fingerprint density at radius 1 is 1.16 bits per heavy atom. The van der Waals surface area contributed by atoms with Crippen molar-refractivity contribution in [3.8, 4) is 0 Å². The van der Waals surface area contributed by atoms with Gasteiger partial charge < -0.3 is 0 Å². The van der Waals surface area contributed by atoms with Crippen molar-refractivity contribution >= 4 is 21.8 Å². The first kappa shape index (κ1) is 14.2. The maximum absolute atomic E-state index is 13.9. The summed E-state index contributed by atoms with van der Waals surface area (Å²) in [6.45, 7) is 7.70. The normalized spacial score (nSPS) is 13.7. The number of nitrogens with one attached hydrogen (secondary N) is 1. The lowest BCUT2D eigenvalue weighted by molar-refractivity contribution is 0.520. The second-order valence-corrected chi connectivity index (χ2v) is 6.85. The van der Waals surface area contributed by atoms with Crippen molar-refractivity contribution in [2.24, 2.45) is 0 Å². The van der Waals surface area contributed by atoms with Crippen LogP contribution < -0.4 is 4.72 Å². The molecule has 0 amide bonds. The van der Waals surface area contributed by atoms with Crippen LogP contribution in [-0.4, -0.2) is 9.75 Å². The zero-order chi connectivity index (χ0) is 14.2. The average Bonchev–Trinajstić information content (AvgIpc) is 2.26. The number of hydrogen-bond acceptors (Lipinski definition) is 1. The van der Waals surface area contributed by atoms with Gasteiger partial charge in [0.2, 0.25) is 0 Å². The van der Waals surface area contributed by atoms with Crippen LogP contribution in [-0.2, 0) is 11.0 Å².